The number of para-hydroxylation sites is 1. The lowest BCUT2D eigenvalue weighted by molar-refractivity contribution is 0.200. The minimum Gasteiger partial charge on any atom is -0.333 e. The number of urea groups is 1. The monoisotopic (exact) mass is 329 g/mol. The molecular weight excluding hydrogens is 306 g/mol. The Labute approximate surface area is 141 Å². The molecule has 2 amide bonds. The fourth-order valence-corrected chi connectivity index (χ4v) is 4.16. The number of carbonyl (C=O) groups excluding carboxylic acids is 1. The summed E-state index contributed by atoms with van der Waals surface area (Å²) in [6.45, 7) is 4.30. The highest BCUT2D eigenvalue weighted by molar-refractivity contribution is 7.10. The predicted molar refractivity (Wildman–Crippen MR) is 95.9 cm³/mol. The summed E-state index contributed by atoms with van der Waals surface area (Å²) in [6.07, 6.45) is 2.48. The highest BCUT2D eigenvalue weighted by Crippen LogP contribution is 2.31. The Morgan fingerprint density at radius 2 is 1.87 bits per heavy atom. The molecule has 2 unspecified atom stereocenters. The molecule has 1 aliphatic heterocycles. The summed E-state index contributed by atoms with van der Waals surface area (Å²) < 4.78 is 0. The first-order valence-electron chi connectivity index (χ1n) is 8.14. The van der Waals surface area contributed by atoms with Crippen molar-refractivity contribution >= 4 is 23.1 Å². The number of nitrogens with zero attached hydrogens (tertiary/aromatic N) is 1. The van der Waals surface area contributed by atoms with Gasteiger partial charge in [0.05, 0.1) is 6.04 Å². The van der Waals surface area contributed by atoms with Crippen LogP contribution in [0.1, 0.15) is 30.7 Å². The molecule has 0 spiro atoms. The van der Waals surface area contributed by atoms with Crippen LogP contribution in [0, 0.1) is 0 Å². The number of nitrogens with one attached hydrogen (secondary N) is 2. The average molecular weight is 329 g/mol. The summed E-state index contributed by atoms with van der Waals surface area (Å²) in [5.74, 6) is 0. The van der Waals surface area contributed by atoms with Gasteiger partial charge in [-0.15, -0.1) is 11.3 Å². The van der Waals surface area contributed by atoms with Gasteiger partial charge >= 0.3 is 6.03 Å². The second kappa shape index (κ2) is 7.62. The van der Waals surface area contributed by atoms with Crippen molar-refractivity contribution in [1.82, 2.24) is 10.2 Å². The van der Waals surface area contributed by atoms with Gasteiger partial charge in [0.2, 0.25) is 0 Å². The standard InChI is InChI=1S/C18H23N3OS/c1-14(19-18(22)20-15-8-3-2-4-9-15)17(16-10-7-13-23-16)21-11-5-6-12-21/h2-4,7-10,13-14,17H,5-6,11-12H2,1H3,(H2,19,20,22). The summed E-state index contributed by atoms with van der Waals surface area (Å²) in [4.78, 5) is 16.1. The second-order valence-corrected chi connectivity index (χ2v) is 6.94. The summed E-state index contributed by atoms with van der Waals surface area (Å²) in [5.41, 5.74) is 0.811. The highest BCUT2D eigenvalue weighted by Gasteiger charge is 2.29. The van der Waals surface area contributed by atoms with Crippen molar-refractivity contribution in [2.75, 3.05) is 18.4 Å². The molecule has 2 heterocycles. The van der Waals surface area contributed by atoms with E-state index in [-0.39, 0.29) is 18.1 Å². The van der Waals surface area contributed by atoms with E-state index in [0.29, 0.717) is 0 Å². The van der Waals surface area contributed by atoms with Crippen LogP contribution >= 0.6 is 11.3 Å². The molecule has 1 saturated heterocycles. The summed E-state index contributed by atoms with van der Waals surface area (Å²) in [7, 11) is 0. The van der Waals surface area contributed by atoms with Crippen LogP contribution in [0.2, 0.25) is 0 Å². The molecular formula is C18H23N3OS. The van der Waals surface area contributed by atoms with E-state index in [2.05, 4.69) is 40.0 Å². The molecule has 5 heteroatoms. The molecule has 0 radical (unpaired) electrons. The highest BCUT2D eigenvalue weighted by atomic mass is 32.1. The molecule has 23 heavy (non-hydrogen) atoms. The molecule has 4 nitrogen and oxygen atoms in total. The van der Waals surface area contributed by atoms with Crippen molar-refractivity contribution in [2.24, 2.45) is 0 Å². The molecule has 1 aromatic heterocycles. The smallest absolute Gasteiger partial charge is 0.319 e. The van der Waals surface area contributed by atoms with Crippen molar-refractivity contribution in [3.8, 4) is 0 Å². The summed E-state index contributed by atoms with van der Waals surface area (Å²) >= 11 is 1.76. The van der Waals surface area contributed by atoms with E-state index in [1.54, 1.807) is 11.3 Å². The van der Waals surface area contributed by atoms with Gasteiger partial charge in [-0.05, 0) is 56.4 Å². The number of benzene rings is 1. The molecule has 3 rings (SSSR count). The zero-order chi connectivity index (χ0) is 16.1. The largest absolute Gasteiger partial charge is 0.333 e. The van der Waals surface area contributed by atoms with Gasteiger partial charge in [0.25, 0.3) is 0 Å². The quantitative estimate of drug-likeness (QED) is 0.867. The number of hydrogen-bond acceptors (Lipinski definition) is 3. The minimum absolute atomic E-state index is 0.0514. The maximum atomic E-state index is 12.3. The molecule has 2 N–H and O–H groups in total. The maximum Gasteiger partial charge on any atom is 0.319 e. The number of hydrogen-bond donors (Lipinski definition) is 2. The van der Waals surface area contributed by atoms with Crippen LogP contribution in [-0.4, -0.2) is 30.1 Å². The van der Waals surface area contributed by atoms with Gasteiger partial charge in [0.1, 0.15) is 0 Å². The minimum atomic E-state index is -0.149. The van der Waals surface area contributed by atoms with Gasteiger partial charge in [0, 0.05) is 16.6 Å². The number of likely N-dealkylation sites (tertiary alicyclic amines) is 1. The Hall–Kier alpha value is -1.85. The molecule has 1 aromatic carbocycles. The fraction of sp³-hybridized carbons (Fsp3) is 0.389. The SMILES string of the molecule is CC(NC(=O)Nc1ccccc1)C(c1cccs1)N1CCCC1. The van der Waals surface area contributed by atoms with Gasteiger partial charge in [-0.1, -0.05) is 24.3 Å². The Morgan fingerprint density at radius 3 is 2.52 bits per heavy atom. The van der Waals surface area contributed by atoms with Crippen LogP contribution in [0.15, 0.2) is 47.8 Å². The van der Waals surface area contributed by atoms with Gasteiger partial charge < -0.3 is 10.6 Å². The van der Waals surface area contributed by atoms with Gasteiger partial charge in [0.15, 0.2) is 0 Å². The number of anilines is 1. The lowest BCUT2D eigenvalue weighted by Gasteiger charge is -2.32. The normalized spacial score (nSPS) is 17.6. The van der Waals surface area contributed by atoms with Crippen molar-refractivity contribution in [3.05, 3.63) is 52.7 Å². The zero-order valence-electron chi connectivity index (χ0n) is 13.4. The van der Waals surface area contributed by atoms with E-state index in [1.165, 1.54) is 17.7 Å². The molecule has 0 aliphatic carbocycles. The Bertz CT molecular complexity index is 608. The van der Waals surface area contributed by atoms with E-state index in [9.17, 15) is 4.79 Å². The van der Waals surface area contributed by atoms with Gasteiger partial charge in [-0.2, -0.15) is 0 Å². The lowest BCUT2D eigenvalue weighted by Crippen LogP contribution is -2.45. The lowest BCUT2D eigenvalue weighted by atomic mass is 10.1. The van der Waals surface area contributed by atoms with E-state index in [0.717, 1.165) is 18.8 Å². The first kappa shape index (κ1) is 16.0. The summed E-state index contributed by atoms with van der Waals surface area (Å²) in [6, 6.07) is 13.9. The average Bonchev–Trinajstić information content (AvgIpc) is 3.22. The van der Waals surface area contributed by atoms with E-state index in [4.69, 9.17) is 0 Å². The topological polar surface area (TPSA) is 44.4 Å². The first-order chi connectivity index (χ1) is 11.2. The molecule has 0 bridgehead atoms. The zero-order valence-corrected chi connectivity index (χ0v) is 14.2. The summed E-state index contributed by atoms with van der Waals surface area (Å²) in [5, 5.41) is 8.11. The van der Waals surface area contributed by atoms with Gasteiger partial charge in [-0.25, -0.2) is 4.79 Å². The Balaban J connectivity index is 1.66. The number of rotatable bonds is 5. The van der Waals surface area contributed by atoms with Crippen molar-refractivity contribution < 1.29 is 4.79 Å². The predicted octanol–water partition coefficient (Wildman–Crippen LogP) is 4.10. The third-order valence-electron chi connectivity index (χ3n) is 4.23. The molecule has 2 atom stereocenters. The molecule has 1 aliphatic rings. The Kier molecular flexibility index (Phi) is 5.31. The van der Waals surface area contributed by atoms with Crippen LogP contribution in [-0.2, 0) is 0 Å². The van der Waals surface area contributed by atoms with Crippen LogP contribution in [0.4, 0.5) is 10.5 Å². The number of carbonyl (C=O) groups is 1. The van der Waals surface area contributed by atoms with Crippen LogP contribution in [0.5, 0.6) is 0 Å². The Morgan fingerprint density at radius 1 is 1.13 bits per heavy atom. The molecule has 122 valence electrons. The van der Waals surface area contributed by atoms with Crippen molar-refractivity contribution in [1.29, 1.82) is 0 Å². The third kappa shape index (κ3) is 4.12. The van der Waals surface area contributed by atoms with E-state index >= 15 is 0 Å². The maximum absolute atomic E-state index is 12.3. The third-order valence-corrected chi connectivity index (χ3v) is 5.18. The fourth-order valence-electron chi connectivity index (χ4n) is 3.20. The number of thiophene rings is 1. The van der Waals surface area contributed by atoms with Crippen LogP contribution in [0.3, 0.4) is 0 Å². The molecule has 1 fully saturated rings. The van der Waals surface area contributed by atoms with Crippen molar-refractivity contribution in [3.63, 3.8) is 0 Å². The molecule has 2 aromatic rings. The van der Waals surface area contributed by atoms with Crippen LogP contribution in [0.25, 0.3) is 0 Å². The number of amides is 2. The first-order valence-corrected chi connectivity index (χ1v) is 9.02. The van der Waals surface area contributed by atoms with E-state index < -0.39 is 0 Å². The van der Waals surface area contributed by atoms with Crippen molar-refractivity contribution in [2.45, 2.75) is 31.8 Å². The van der Waals surface area contributed by atoms with E-state index in [1.807, 2.05) is 30.3 Å². The second-order valence-electron chi connectivity index (χ2n) is 5.96. The van der Waals surface area contributed by atoms with Gasteiger partial charge in [-0.3, -0.25) is 4.90 Å². The molecule has 0 saturated carbocycles. The van der Waals surface area contributed by atoms with Crippen LogP contribution < -0.4 is 10.6 Å².